The molecule has 5 nitrogen and oxygen atoms in total. The van der Waals surface area contributed by atoms with Crippen LogP contribution in [0.2, 0.25) is 0 Å². The van der Waals surface area contributed by atoms with Gasteiger partial charge in [-0.15, -0.1) is 12.4 Å². The quantitative estimate of drug-likeness (QED) is 0.851. The molecule has 1 heterocycles. The lowest BCUT2D eigenvalue weighted by atomic mass is 9.93. The number of rotatable bonds is 4. The van der Waals surface area contributed by atoms with Gasteiger partial charge in [-0.05, 0) is 38.5 Å². The molecule has 1 aliphatic heterocycles. The van der Waals surface area contributed by atoms with E-state index in [9.17, 15) is 8.42 Å². The molecule has 0 spiro atoms. The van der Waals surface area contributed by atoms with E-state index in [4.69, 9.17) is 5.73 Å². The zero-order valence-electron chi connectivity index (χ0n) is 13.2. The third-order valence-corrected chi connectivity index (χ3v) is 6.95. The minimum atomic E-state index is -3.32. The number of nitrogens with zero attached hydrogens (tertiary/aromatic N) is 2. The Morgan fingerprint density at radius 3 is 2.33 bits per heavy atom. The summed E-state index contributed by atoms with van der Waals surface area (Å²) in [6.45, 7) is 3.20. The van der Waals surface area contributed by atoms with E-state index in [0.29, 0.717) is 19.0 Å². The van der Waals surface area contributed by atoms with Crippen molar-refractivity contribution in [1.29, 1.82) is 0 Å². The Hall–Kier alpha value is 0.120. The van der Waals surface area contributed by atoms with Crippen molar-refractivity contribution in [1.82, 2.24) is 8.61 Å². The normalized spacial score (nSPS) is 27.3. The first-order valence-electron chi connectivity index (χ1n) is 7.91. The predicted molar refractivity (Wildman–Crippen MR) is 88.8 cm³/mol. The van der Waals surface area contributed by atoms with Crippen LogP contribution in [0.15, 0.2) is 0 Å². The van der Waals surface area contributed by atoms with Gasteiger partial charge in [-0.1, -0.05) is 19.3 Å². The first-order valence-corrected chi connectivity index (χ1v) is 9.31. The van der Waals surface area contributed by atoms with Crippen molar-refractivity contribution in [3.05, 3.63) is 0 Å². The summed E-state index contributed by atoms with van der Waals surface area (Å²) in [7, 11) is -1.57. The lowest BCUT2D eigenvalue weighted by molar-refractivity contribution is 0.213. The molecule has 1 saturated heterocycles. The minimum Gasteiger partial charge on any atom is -0.328 e. The smallest absolute Gasteiger partial charge is 0.281 e. The molecule has 0 bridgehead atoms. The van der Waals surface area contributed by atoms with E-state index in [1.165, 1.54) is 6.42 Å². The van der Waals surface area contributed by atoms with Crippen molar-refractivity contribution in [3.63, 3.8) is 0 Å². The summed E-state index contributed by atoms with van der Waals surface area (Å²) in [4.78, 5) is 0. The van der Waals surface area contributed by atoms with E-state index in [1.54, 1.807) is 15.7 Å². The molecule has 1 saturated carbocycles. The molecule has 1 aliphatic carbocycles. The second-order valence-electron chi connectivity index (χ2n) is 6.44. The third kappa shape index (κ3) is 4.55. The number of hydrogen-bond acceptors (Lipinski definition) is 3. The van der Waals surface area contributed by atoms with Crippen LogP contribution in [0.5, 0.6) is 0 Å². The number of hydrogen-bond donors (Lipinski definition) is 1. The monoisotopic (exact) mass is 339 g/mol. The first-order chi connectivity index (χ1) is 9.43. The molecule has 2 aliphatic rings. The highest BCUT2D eigenvalue weighted by atomic mass is 35.5. The maximum Gasteiger partial charge on any atom is 0.281 e. The zero-order valence-corrected chi connectivity index (χ0v) is 14.8. The van der Waals surface area contributed by atoms with E-state index in [2.05, 4.69) is 0 Å². The van der Waals surface area contributed by atoms with Crippen molar-refractivity contribution in [3.8, 4) is 0 Å². The van der Waals surface area contributed by atoms with Gasteiger partial charge < -0.3 is 5.73 Å². The molecule has 0 aromatic carbocycles. The van der Waals surface area contributed by atoms with Gasteiger partial charge >= 0.3 is 0 Å². The second kappa shape index (κ2) is 8.11. The summed E-state index contributed by atoms with van der Waals surface area (Å²) in [5.74, 6) is 0.290. The predicted octanol–water partition coefficient (Wildman–Crippen LogP) is 1.98. The van der Waals surface area contributed by atoms with E-state index in [0.717, 1.165) is 38.5 Å². The Morgan fingerprint density at radius 1 is 1.14 bits per heavy atom. The van der Waals surface area contributed by atoms with Crippen LogP contribution in [-0.2, 0) is 10.2 Å². The molecule has 126 valence electrons. The van der Waals surface area contributed by atoms with Crippen LogP contribution in [0.4, 0.5) is 0 Å². The fourth-order valence-corrected chi connectivity index (χ4v) is 5.12. The van der Waals surface area contributed by atoms with Crippen LogP contribution in [0.1, 0.15) is 51.9 Å². The van der Waals surface area contributed by atoms with Gasteiger partial charge in [0.1, 0.15) is 0 Å². The highest BCUT2D eigenvalue weighted by Crippen LogP contribution is 2.27. The van der Waals surface area contributed by atoms with Gasteiger partial charge in [0.25, 0.3) is 10.2 Å². The maximum atomic E-state index is 12.8. The molecule has 0 aromatic rings. The number of piperidine rings is 1. The van der Waals surface area contributed by atoms with Crippen molar-refractivity contribution in [2.45, 2.75) is 64.0 Å². The van der Waals surface area contributed by atoms with Crippen LogP contribution >= 0.6 is 12.4 Å². The van der Waals surface area contributed by atoms with Gasteiger partial charge in [0.05, 0.1) is 0 Å². The Morgan fingerprint density at radius 2 is 1.76 bits per heavy atom. The van der Waals surface area contributed by atoms with Crippen molar-refractivity contribution < 1.29 is 8.42 Å². The second-order valence-corrected chi connectivity index (χ2v) is 8.42. The molecule has 2 unspecified atom stereocenters. The van der Waals surface area contributed by atoms with Gasteiger partial charge in [0, 0.05) is 32.2 Å². The fourth-order valence-electron chi connectivity index (χ4n) is 3.43. The molecule has 0 aromatic heterocycles. The highest BCUT2D eigenvalue weighted by molar-refractivity contribution is 7.86. The van der Waals surface area contributed by atoms with Crippen molar-refractivity contribution >= 4 is 22.6 Å². The summed E-state index contributed by atoms with van der Waals surface area (Å²) in [6.07, 6.45) is 7.49. The molecular weight excluding hydrogens is 310 g/mol. The lowest BCUT2D eigenvalue weighted by Crippen LogP contribution is -2.52. The van der Waals surface area contributed by atoms with Gasteiger partial charge in [-0.2, -0.15) is 17.0 Å². The van der Waals surface area contributed by atoms with E-state index >= 15 is 0 Å². The number of halogens is 1. The number of nitrogens with two attached hydrogens (primary N) is 1. The Bertz CT molecular complexity index is 410. The minimum absolute atomic E-state index is 0. The first kappa shape index (κ1) is 19.2. The standard InChI is InChI=1S/C14H29N3O2S.ClH/c1-12(15)13-7-6-10-17(11-13)20(18,19)16(2)14-8-4-3-5-9-14;/h12-14H,3-11,15H2,1-2H3;1H. The van der Waals surface area contributed by atoms with Crippen LogP contribution in [0, 0.1) is 5.92 Å². The molecule has 0 radical (unpaired) electrons. The molecule has 7 heteroatoms. The molecule has 2 rings (SSSR count). The van der Waals surface area contributed by atoms with Crippen molar-refractivity contribution in [2.75, 3.05) is 20.1 Å². The summed E-state index contributed by atoms with van der Waals surface area (Å²) in [5.41, 5.74) is 5.96. The molecule has 2 atom stereocenters. The fraction of sp³-hybridized carbons (Fsp3) is 1.00. The van der Waals surface area contributed by atoms with Crippen LogP contribution < -0.4 is 5.73 Å². The van der Waals surface area contributed by atoms with Gasteiger partial charge in [-0.3, -0.25) is 0 Å². The van der Waals surface area contributed by atoms with E-state index in [-0.39, 0.29) is 24.5 Å². The van der Waals surface area contributed by atoms with Crippen LogP contribution in [-0.4, -0.2) is 49.2 Å². The summed E-state index contributed by atoms with van der Waals surface area (Å²) >= 11 is 0. The lowest BCUT2D eigenvalue weighted by Gasteiger charge is -2.38. The Balaban J connectivity index is 0.00000220. The molecule has 21 heavy (non-hydrogen) atoms. The Labute approximate surface area is 135 Å². The molecular formula is C14H30ClN3O2S. The van der Waals surface area contributed by atoms with E-state index < -0.39 is 10.2 Å². The van der Waals surface area contributed by atoms with Crippen molar-refractivity contribution in [2.24, 2.45) is 11.7 Å². The topological polar surface area (TPSA) is 66.6 Å². The Kier molecular flexibility index (Phi) is 7.40. The van der Waals surface area contributed by atoms with Gasteiger partial charge in [-0.25, -0.2) is 0 Å². The van der Waals surface area contributed by atoms with E-state index in [1.807, 2.05) is 6.92 Å². The summed E-state index contributed by atoms with van der Waals surface area (Å²) < 4.78 is 28.8. The average Bonchev–Trinajstić information content (AvgIpc) is 2.47. The third-order valence-electron chi connectivity index (χ3n) is 4.94. The highest BCUT2D eigenvalue weighted by Gasteiger charge is 2.36. The maximum absolute atomic E-state index is 12.8. The molecule has 2 N–H and O–H groups in total. The molecule has 2 fully saturated rings. The SMILES string of the molecule is CC(N)C1CCCN(S(=O)(=O)N(C)C2CCCCC2)C1.Cl. The zero-order chi connectivity index (χ0) is 14.8. The van der Waals surface area contributed by atoms with Gasteiger partial charge in [0.15, 0.2) is 0 Å². The van der Waals surface area contributed by atoms with Crippen LogP contribution in [0.25, 0.3) is 0 Å². The molecule has 0 amide bonds. The van der Waals surface area contributed by atoms with Gasteiger partial charge in [0.2, 0.25) is 0 Å². The largest absolute Gasteiger partial charge is 0.328 e. The summed E-state index contributed by atoms with van der Waals surface area (Å²) in [6, 6.07) is 0.248. The van der Waals surface area contributed by atoms with Crippen LogP contribution in [0.3, 0.4) is 0 Å². The average molecular weight is 340 g/mol. The summed E-state index contributed by atoms with van der Waals surface area (Å²) in [5, 5.41) is 0.